The van der Waals surface area contributed by atoms with Crippen molar-refractivity contribution in [3.63, 3.8) is 0 Å². The predicted molar refractivity (Wildman–Crippen MR) is 69.3 cm³/mol. The van der Waals surface area contributed by atoms with Crippen molar-refractivity contribution in [2.75, 3.05) is 13.1 Å². The average Bonchev–Trinajstić information content (AvgIpc) is 2.77. The molecule has 0 saturated carbocycles. The van der Waals surface area contributed by atoms with Crippen LogP contribution in [0.25, 0.3) is 0 Å². The van der Waals surface area contributed by atoms with E-state index in [0.29, 0.717) is 6.04 Å². The van der Waals surface area contributed by atoms with Crippen molar-refractivity contribution < 1.29 is 0 Å². The SMILES string of the molecule is CC1CCNC1CNCc1cc(Br)cs1. The minimum Gasteiger partial charge on any atom is -0.312 e. The lowest BCUT2D eigenvalue weighted by Gasteiger charge is -2.15. The van der Waals surface area contributed by atoms with Crippen molar-refractivity contribution in [3.8, 4) is 0 Å². The third-order valence-corrected chi connectivity index (χ3v) is 4.68. The summed E-state index contributed by atoms with van der Waals surface area (Å²) in [6, 6.07) is 2.84. The largest absolute Gasteiger partial charge is 0.312 e. The van der Waals surface area contributed by atoms with Gasteiger partial charge in [0.2, 0.25) is 0 Å². The molecule has 84 valence electrons. The molecule has 1 aromatic rings. The summed E-state index contributed by atoms with van der Waals surface area (Å²) in [7, 11) is 0. The van der Waals surface area contributed by atoms with E-state index in [1.165, 1.54) is 22.3 Å². The Morgan fingerprint density at radius 3 is 3.13 bits per heavy atom. The smallest absolute Gasteiger partial charge is 0.0300 e. The van der Waals surface area contributed by atoms with E-state index >= 15 is 0 Å². The van der Waals surface area contributed by atoms with Crippen molar-refractivity contribution in [1.29, 1.82) is 0 Å². The fourth-order valence-electron chi connectivity index (χ4n) is 1.97. The first-order valence-corrected chi connectivity index (χ1v) is 7.10. The Balaban J connectivity index is 1.70. The average molecular weight is 289 g/mol. The summed E-state index contributed by atoms with van der Waals surface area (Å²) in [6.07, 6.45) is 1.32. The minimum atomic E-state index is 0.661. The van der Waals surface area contributed by atoms with Crippen LogP contribution in [0.2, 0.25) is 0 Å². The quantitative estimate of drug-likeness (QED) is 0.890. The molecule has 15 heavy (non-hydrogen) atoms. The van der Waals surface area contributed by atoms with Gasteiger partial charge in [-0.25, -0.2) is 0 Å². The summed E-state index contributed by atoms with van der Waals surface area (Å²) in [5.74, 6) is 0.813. The second kappa shape index (κ2) is 5.43. The lowest BCUT2D eigenvalue weighted by Crippen LogP contribution is -2.36. The molecule has 1 aliphatic rings. The van der Waals surface area contributed by atoms with Crippen LogP contribution in [0.1, 0.15) is 18.2 Å². The van der Waals surface area contributed by atoms with E-state index in [0.717, 1.165) is 19.0 Å². The Morgan fingerprint density at radius 1 is 1.67 bits per heavy atom. The predicted octanol–water partition coefficient (Wildman–Crippen LogP) is 2.60. The number of hydrogen-bond acceptors (Lipinski definition) is 3. The van der Waals surface area contributed by atoms with Crippen molar-refractivity contribution in [2.45, 2.75) is 25.9 Å². The zero-order valence-corrected chi connectivity index (χ0v) is 11.3. The maximum absolute atomic E-state index is 3.53. The van der Waals surface area contributed by atoms with Crippen LogP contribution in [0.5, 0.6) is 0 Å². The summed E-state index contributed by atoms with van der Waals surface area (Å²) < 4.78 is 1.19. The summed E-state index contributed by atoms with van der Waals surface area (Å²) >= 11 is 5.27. The highest BCUT2D eigenvalue weighted by Gasteiger charge is 2.21. The third-order valence-electron chi connectivity index (χ3n) is 2.98. The molecule has 2 rings (SSSR count). The molecular weight excluding hydrogens is 272 g/mol. The number of halogens is 1. The van der Waals surface area contributed by atoms with Gasteiger partial charge in [-0.3, -0.25) is 0 Å². The molecule has 1 fully saturated rings. The molecule has 0 spiro atoms. The van der Waals surface area contributed by atoms with Gasteiger partial charge in [0.1, 0.15) is 0 Å². The molecule has 0 bridgehead atoms. The first-order chi connectivity index (χ1) is 7.25. The van der Waals surface area contributed by atoms with Gasteiger partial charge in [-0.2, -0.15) is 0 Å². The second-order valence-electron chi connectivity index (χ2n) is 4.19. The van der Waals surface area contributed by atoms with Gasteiger partial charge in [0, 0.05) is 33.9 Å². The highest BCUT2D eigenvalue weighted by molar-refractivity contribution is 9.10. The van der Waals surface area contributed by atoms with E-state index in [1.807, 2.05) is 0 Å². The van der Waals surface area contributed by atoms with Gasteiger partial charge in [0.05, 0.1) is 0 Å². The van der Waals surface area contributed by atoms with Crippen LogP contribution in [0.15, 0.2) is 15.9 Å². The van der Waals surface area contributed by atoms with Crippen molar-refractivity contribution >= 4 is 27.3 Å². The molecule has 1 aromatic heterocycles. The zero-order valence-electron chi connectivity index (χ0n) is 8.92. The van der Waals surface area contributed by atoms with Gasteiger partial charge >= 0.3 is 0 Å². The molecule has 1 saturated heterocycles. The van der Waals surface area contributed by atoms with Gasteiger partial charge in [0.25, 0.3) is 0 Å². The lowest BCUT2D eigenvalue weighted by atomic mass is 10.0. The molecule has 0 amide bonds. The highest BCUT2D eigenvalue weighted by atomic mass is 79.9. The van der Waals surface area contributed by atoms with Crippen LogP contribution in [0, 0.1) is 5.92 Å². The third kappa shape index (κ3) is 3.28. The van der Waals surface area contributed by atoms with E-state index in [2.05, 4.69) is 44.9 Å². The van der Waals surface area contributed by atoms with Crippen molar-refractivity contribution in [3.05, 3.63) is 20.8 Å². The molecule has 2 atom stereocenters. The normalized spacial score (nSPS) is 26.0. The van der Waals surface area contributed by atoms with Crippen molar-refractivity contribution in [1.82, 2.24) is 10.6 Å². The fourth-order valence-corrected chi connectivity index (χ4v) is 3.39. The number of thiophene rings is 1. The number of rotatable bonds is 4. The molecule has 0 aromatic carbocycles. The standard InChI is InChI=1S/C11H17BrN2S/c1-8-2-3-14-11(8)6-13-5-10-4-9(12)7-15-10/h4,7-8,11,13-14H,2-3,5-6H2,1H3. The van der Waals surface area contributed by atoms with Gasteiger partial charge in [-0.1, -0.05) is 6.92 Å². The van der Waals surface area contributed by atoms with Crippen LogP contribution in [-0.2, 0) is 6.54 Å². The van der Waals surface area contributed by atoms with Crippen molar-refractivity contribution in [2.24, 2.45) is 5.92 Å². The summed E-state index contributed by atoms with van der Waals surface area (Å²) in [6.45, 7) is 5.57. The van der Waals surface area contributed by atoms with E-state index in [-0.39, 0.29) is 0 Å². The molecule has 1 aliphatic heterocycles. The maximum atomic E-state index is 3.53. The molecule has 2 N–H and O–H groups in total. The van der Waals surface area contributed by atoms with Crippen LogP contribution in [-0.4, -0.2) is 19.1 Å². The second-order valence-corrected chi connectivity index (χ2v) is 6.10. The fraction of sp³-hybridized carbons (Fsp3) is 0.636. The lowest BCUT2D eigenvalue weighted by molar-refractivity contribution is 0.449. The van der Waals surface area contributed by atoms with E-state index in [9.17, 15) is 0 Å². The topological polar surface area (TPSA) is 24.1 Å². The summed E-state index contributed by atoms with van der Waals surface area (Å²) in [5.41, 5.74) is 0. The van der Waals surface area contributed by atoms with Crippen LogP contribution in [0.4, 0.5) is 0 Å². The molecule has 2 unspecified atom stereocenters. The molecule has 4 heteroatoms. The van der Waals surface area contributed by atoms with Crippen LogP contribution >= 0.6 is 27.3 Å². The first kappa shape index (κ1) is 11.6. The molecule has 2 nitrogen and oxygen atoms in total. The number of hydrogen-bond donors (Lipinski definition) is 2. The Bertz CT molecular complexity index is 313. The summed E-state index contributed by atoms with van der Waals surface area (Å²) in [5, 5.41) is 9.18. The van der Waals surface area contributed by atoms with E-state index in [4.69, 9.17) is 0 Å². The highest BCUT2D eigenvalue weighted by Crippen LogP contribution is 2.19. The monoisotopic (exact) mass is 288 g/mol. The Labute approximate surface area is 104 Å². The molecule has 2 heterocycles. The Hall–Kier alpha value is 0.1000. The minimum absolute atomic E-state index is 0.661. The Morgan fingerprint density at radius 2 is 2.53 bits per heavy atom. The van der Waals surface area contributed by atoms with Gasteiger partial charge in [-0.15, -0.1) is 11.3 Å². The number of nitrogens with one attached hydrogen (secondary N) is 2. The van der Waals surface area contributed by atoms with E-state index in [1.54, 1.807) is 11.3 Å². The molecule has 0 aliphatic carbocycles. The van der Waals surface area contributed by atoms with Gasteiger partial charge in [0.15, 0.2) is 0 Å². The molecule has 0 radical (unpaired) electrons. The Kier molecular flexibility index (Phi) is 4.20. The van der Waals surface area contributed by atoms with Gasteiger partial charge < -0.3 is 10.6 Å². The van der Waals surface area contributed by atoms with Gasteiger partial charge in [-0.05, 0) is 40.9 Å². The maximum Gasteiger partial charge on any atom is 0.0300 e. The summed E-state index contributed by atoms with van der Waals surface area (Å²) in [4.78, 5) is 1.40. The first-order valence-electron chi connectivity index (χ1n) is 5.42. The van der Waals surface area contributed by atoms with E-state index < -0.39 is 0 Å². The molecular formula is C11H17BrN2S. The zero-order chi connectivity index (χ0) is 10.7. The van der Waals surface area contributed by atoms with Crippen LogP contribution < -0.4 is 10.6 Å². The van der Waals surface area contributed by atoms with Crippen LogP contribution in [0.3, 0.4) is 0 Å².